The van der Waals surface area contributed by atoms with Crippen molar-refractivity contribution in [3.8, 4) is 6.07 Å². The largest absolute Gasteiger partial charge is 0.283 e. The first-order valence-corrected chi connectivity index (χ1v) is 7.89. The summed E-state index contributed by atoms with van der Waals surface area (Å²) in [4.78, 5) is 0.174. The Labute approximate surface area is 123 Å². The third-order valence-electron chi connectivity index (χ3n) is 3.48. The fourth-order valence-corrected chi connectivity index (χ4v) is 3.73. The fraction of sp³-hybridized carbons (Fsp3) is 0.200. The van der Waals surface area contributed by atoms with E-state index >= 15 is 0 Å². The molecule has 2 aromatic rings. The lowest BCUT2D eigenvalue weighted by Crippen LogP contribution is -2.17. The van der Waals surface area contributed by atoms with E-state index in [1.807, 2.05) is 26.0 Å². The number of rotatable bonds is 2. The summed E-state index contributed by atoms with van der Waals surface area (Å²) in [5.74, 6) is 0. The summed E-state index contributed by atoms with van der Waals surface area (Å²) in [5.41, 5.74) is 3.33. The second-order valence-electron chi connectivity index (χ2n) is 5.15. The molecule has 0 atom stereocenters. The number of nitrogens with zero attached hydrogens (tertiary/aromatic N) is 3. The first kappa shape index (κ1) is 13.6. The molecule has 1 aromatic carbocycles. The van der Waals surface area contributed by atoms with Gasteiger partial charge in [-0.05, 0) is 26.0 Å². The zero-order valence-electron chi connectivity index (χ0n) is 11.7. The molecular weight excluding hydrogens is 286 g/mol. The lowest BCUT2D eigenvalue weighted by Gasteiger charge is -2.08. The zero-order valence-corrected chi connectivity index (χ0v) is 12.5. The molecule has 0 spiro atoms. The molecule has 1 heterocycles. The Kier molecular flexibility index (Phi) is 2.96. The summed E-state index contributed by atoms with van der Waals surface area (Å²) < 4.78 is 26.4. The van der Waals surface area contributed by atoms with Crippen molar-refractivity contribution in [2.24, 2.45) is 0 Å². The zero-order chi connectivity index (χ0) is 15.2. The van der Waals surface area contributed by atoms with Crippen LogP contribution in [0.25, 0.3) is 6.08 Å². The van der Waals surface area contributed by atoms with Crippen LogP contribution in [0.2, 0.25) is 0 Å². The minimum Gasteiger partial charge on any atom is -0.199 e. The quantitative estimate of drug-likeness (QED) is 0.852. The molecule has 0 unspecified atom stereocenters. The van der Waals surface area contributed by atoms with Gasteiger partial charge in [0.05, 0.1) is 10.6 Å². The normalized spacial score (nSPS) is 13.7. The minimum absolute atomic E-state index is 0.150. The van der Waals surface area contributed by atoms with E-state index in [0.717, 1.165) is 15.2 Å². The van der Waals surface area contributed by atoms with Crippen molar-refractivity contribution in [1.82, 2.24) is 9.19 Å². The Morgan fingerprint density at radius 2 is 1.90 bits per heavy atom. The molecule has 1 aliphatic carbocycles. The van der Waals surface area contributed by atoms with Crippen LogP contribution < -0.4 is 0 Å². The van der Waals surface area contributed by atoms with Crippen LogP contribution in [0.5, 0.6) is 0 Å². The molecule has 3 rings (SSSR count). The molecule has 0 N–H and O–H groups in total. The maximum Gasteiger partial charge on any atom is 0.283 e. The highest BCUT2D eigenvalue weighted by molar-refractivity contribution is 7.89. The number of fused-ring (bicyclic) bond motifs is 1. The fourth-order valence-electron chi connectivity index (χ4n) is 2.41. The van der Waals surface area contributed by atoms with Crippen LogP contribution >= 0.6 is 0 Å². The molecule has 1 aliphatic rings. The van der Waals surface area contributed by atoms with Crippen LogP contribution in [-0.2, 0) is 16.4 Å². The van der Waals surface area contributed by atoms with Crippen LogP contribution in [-0.4, -0.2) is 17.6 Å². The molecule has 0 fully saturated rings. The Morgan fingerprint density at radius 1 is 1.24 bits per heavy atom. The monoisotopic (exact) mass is 299 g/mol. The van der Waals surface area contributed by atoms with E-state index in [1.54, 1.807) is 24.3 Å². The lowest BCUT2D eigenvalue weighted by atomic mass is 10.2. The molecule has 0 saturated carbocycles. The SMILES string of the molecule is CC1=Cc2c(C#N)nn(S(=O)(=O)c3ccc(C)cc3)c2C1. The van der Waals surface area contributed by atoms with E-state index in [4.69, 9.17) is 5.26 Å². The Bertz CT molecular complexity index is 898. The van der Waals surface area contributed by atoms with Gasteiger partial charge in [-0.2, -0.15) is 17.8 Å². The average Bonchev–Trinajstić information content (AvgIpc) is 2.96. The number of aryl methyl sites for hydroxylation is 1. The predicted molar refractivity (Wildman–Crippen MR) is 78.1 cm³/mol. The molecule has 0 amide bonds. The molecule has 0 saturated heterocycles. The highest BCUT2D eigenvalue weighted by Crippen LogP contribution is 2.29. The first-order valence-electron chi connectivity index (χ1n) is 6.45. The molecule has 5 nitrogen and oxygen atoms in total. The number of aromatic nitrogens is 2. The molecule has 21 heavy (non-hydrogen) atoms. The van der Waals surface area contributed by atoms with Gasteiger partial charge in [0.25, 0.3) is 10.0 Å². The van der Waals surface area contributed by atoms with Gasteiger partial charge in [0, 0.05) is 12.0 Å². The third kappa shape index (κ3) is 2.06. The van der Waals surface area contributed by atoms with Crippen LogP contribution in [0, 0.1) is 18.3 Å². The van der Waals surface area contributed by atoms with Crippen molar-refractivity contribution in [2.75, 3.05) is 0 Å². The standard InChI is InChI=1S/C15H13N3O2S/c1-10-3-5-12(6-4-10)21(19,20)18-15-8-11(2)7-13(15)14(9-16)17-18/h3-7H,8H2,1-2H3. The number of benzene rings is 1. The van der Waals surface area contributed by atoms with E-state index in [0.29, 0.717) is 17.7 Å². The van der Waals surface area contributed by atoms with E-state index in [1.165, 1.54) is 0 Å². The second kappa shape index (κ2) is 4.57. The Balaban J connectivity index is 2.19. The summed E-state index contributed by atoms with van der Waals surface area (Å²) in [6, 6.07) is 8.55. The number of hydrogen-bond donors (Lipinski definition) is 0. The molecule has 0 bridgehead atoms. The highest BCUT2D eigenvalue weighted by atomic mass is 32.2. The average molecular weight is 299 g/mol. The van der Waals surface area contributed by atoms with Crippen molar-refractivity contribution in [3.05, 3.63) is 52.4 Å². The van der Waals surface area contributed by atoms with Gasteiger partial charge in [-0.3, -0.25) is 0 Å². The van der Waals surface area contributed by atoms with Gasteiger partial charge in [-0.15, -0.1) is 5.10 Å². The van der Waals surface area contributed by atoms with Gasteiger partial charge in [0.2, 0.25) is 0 Å². The highest BCUT2D eigenvalue weighted by Gasteiger charge is 2.28. The summed E-state index contributed by atoms with van der Waals surface area (Å²) in [5, 5.41) is 13.1. The second-order valence-corrected chi connectivity index (χ2v) is 6.92. The van der Waals surface area contributed by atoms with Gasteiger partial charge in [-0.25, -0.2) is 0 Å². The molecule has 106 valence electrons. The van der Waals surface area contributed by atoms with Gasteiger partial charge in [0.1, 0.15) is 6.07 Å². The molecule has 1 aromatic heterocycles. The lowest BCUT2D eigenvalue weighted by molar-refractivity contribution is 0.577. The molecule has 0 radical (unpaired) electrons. The Hall–Kier alpha value is -2.39. The van der Waals surface area contributed by atoms with Crippen LogP contribution in [0.15, 0.2) is 34.7 Å². The number of nitriles is 1. The van der Waals surface area contributed by atoms with E-state index in [9.17, 15) is 8.42 Å². The maximum absolute atomic E-state index is 12.7. The number of allylic oxidation sites excluding steroid dienone is 1. The summed E-state index contributed by atoms with van der Waals surface area (Å²) in [6.45, 7) is 3.80. The van der Waals surface area contributed by atoms with Crippen LogP contribution in [0.1, 0.15) is 29.4 Å². The van der Waals surface area contributed by atoms with Gasteiger partial charge >= 0.3 is 0 Å². The predicted octanol–water partition coefficient (Wildman–Crippen LogP) is 2.26. The van der Waals surface area contributed by atoms with Gasteiger partial charge in [0.15, 0.2) is 5.69 Å². The third-order valence-corrected chi connectivity index (χ3v) is 5.10. The van der Waals surface area contributed by atoms with Crippen molar-refractivity contribution < 1.29 is 8.42 Å². The van der Waals surface area contributed by atoms with Crippen molar-refractivity contribution in [1.29, 1.82) is 5.26 Å². The molecular formula is C15H13N3O2S. The van der Waals surface area contributed by atoms with Crippen LogP contribution in [0.4, 0.5) is 0 Å². The summed E-state index contributed by atoms with van der Waals surface area (Å²) >= 11 is 0. The summed E-state index contributed by atoms with van der Waals surface area (Å²) in [7, 11) is -3.77. The van der Waals surface area contributed by atoms with Crippen LogP contribution in [0.3, 0.4) is 0 Å². The first-order chi connectivity index (χ1) is 9.93. The maximum atomic E-state index is 12.7. The smallest absolute Gasteiger partial charge is 0.199 e. The Morgan fingerprint density at radius 3 is 2.52 bits per heavy atom. The number of hydrogen-bond acceptors (Lipinski definition) is 4. The van der Waals surface area contributed by atoms with E-state index in [-0.39, 0.29) is 10.6 Å². The minimum atomic E-state index is -3.77. The van der Waals surface area contributed by atoms with Crippen molar-refractivity contribution in [2.45, 2.75) is 25.2 Å². The van der Waals surface area contributed by atoms with Crippen molar-refractivity contribution >= 4 is 16.1 Å². The van der Waals surface area contributed by atoms with E-state index < -0.39 is 10.0 Å². The molecule has 6 heteroatoms. The molecule has 0 aliphatic heterocycles. The summed E-state index contributed by atoms with van der Waals surface area (Å²) in [6.07, 6.45) is 2.32. The van der Waals surface area contributed by atoms with Gasteiger partial charge in [-0.1, -0.05) is 29.3 Å². The van der Waals surface area contributed by atoms with E-state index in [2.05, 4.69) is 5.10 Å². The topological polar surface area (TPSA) is 75.8 Å². The van der Waals surface area contributed by atoms with Gasteiger partial charge < -0.3 is 0 Å². The van der Waals surface area contributed by atoms with Crippen molar-refractivity contribution in [3.63, 3.8) is 0 Å².